The maximum Gasteiger partial charge on any atom is 0.328 e. The van der Waals surface area contributed by atoms with Gasteiger partial charge in [-0.05, 0) is 31.9 Å². The number of hydrogen-bond donors (Lipinski definition) is 4. The number of carbonyl (C=O) groups excluding carboxylic acids is 2. The summed E-state index contributed by atoms with van der Waals surface area (Å²) in [5, 5.41) is 2.61. The van der Waals surface area contributed by atoms with E-state index in [1.807, 2.05) is 0 Å². The van der Waals surface area contributed by atoms with Crippen molar-refractivity contribution in [2.75, 3.05) is 18.9 Å². The second-order valence-corrected chi connectivity index (χ2v) is 5.85. The van der Waals surface area contributed by atoms with Crippen molar-refractivity contribution in [3.63, 3.8) is 0 Å². The highest BCUT2D eigenvalue weighted by atomic mass is 16.5. The zero-order valence-electron chi connectivity index (χ0n) is 15.6. The number of esters is 1. The summed E-state index contributed by atoms with van der Waals surface area (Å²) in [7, 11) is 0. The Hall–Kier alpha value is -3.56. The number of rotatable bonds is 9. The number of nitrogens with one attached hydrogen (secondary N) is 1. The van der Waals surface area contributed by atoms with Gasteiger partial charge in [0.2, 0.25) is 5.89 Å². The van der Waals surface area contributed by atoms with Gasteiger partial charge in [0.1, 0.15) is 12.3 Å². The van der Waals surface area contributed by atoms with Crippen LogP contribution in [0.15, 0.2) is 39.9 Å². The van der Waals surface area contributed by atoms with Gasteiger partial charge in [0.25, 0.3) is 5.91 Å². The monoisotopic (exact) mass is 388 g/mol. The van der Waals surface area contributed by atoms with Gasteiger partial charge in [0.15, 0.2) is 11.7 Å². The number of nitrogen functional groups attached to an aromatic ring is 1. The van der Waals surface area contributed by atoms with E-state index in [0.717, 1.165) is 0 Å². The quantitative estimate of drug-likeness (QED) is 0.159. The van der Waals surface area contributed by atoms with Gasteiger partial charge in [-0.15, -0.1) is 0 Å². The summed E-state index contributed by atoms with van der Waals surface area (Å²) >= 11 is 0. The fourth-order valence-corrected chi connectivity index (χ4v) is 2.42. The van der Waals surface area contributed by atoms with E-state index in [0.29, 0.717) is 30.6 Å². The molecule has 1 heterocycles. The number of oxazole rings is 1. The molecule has 0 spiro atoms. The van der Waals surface area contributed by atoms with Crippen LogP contribution >= 0.6 is 0 Å². The van der Waals surface area contributed by atoms with Gasteiger partial charge < -0.3 is 31.7 Å². The Bertz CT molecular complexity index is 844. The van der Waals surface area contributed by atoms with Crippen molar-refractivity contribution >= 4 is 23.5 Å². The molecule has 1 unspecified atom stereocenters. The molecule has 0 radical (unpaired) electrons. The standard InChI is InChI=1S/C18H24N6O4/c1-2-27-17(26)13(8-5-9-22-18(20)21)23-15(25)14-10-28-16(24-14)11-6-3-4-7-12(11)19/h3-4,6-7,10,13H,2,5,8-9,19H2,1H3,(H,23,25)(H4,20,21,22). The van der Waals surface area contributed by atoms with Crippen LogP contribution in [-0.4, -0.2) is 42.0 Å². The Balaban J connectivity index is 2.07. The van der Waals surface area contributed by atoms with Gasteiger partial charge >= 0.3 is 5.97 Å². The van der Waals surface area contributed by atoms with E-state index in [4.69, 9.17) is 26.4 Å². The molecule has 1 aromatic carbocycles. The van der Waals surface area contributed by atoms with Crippen LogP contribution in [0.5, 0.6) is 0 Å². The summed E-state index contributed by atoms with van der Waals surface area (Å²) in [6.45, 7) is 2.21. The first-order chi connectivity index (χ1) is 13.4. The van der Waals surface area contributed by atoms with Crippen molar-refractivity contribution in [2.24, 2.45) is 16.5 Å². The minimum Gasteiger partial charge on any atom is -0.464 e. The summed E-state index contributed by atoms with van der Waals surface area (Å²) in [6.07, 6.45) is 1.99. The largest absolute Gasteiger partial charge is 0.464 e. The van der Waals surface area contributed by atoms with Crippen LogP contribution in [0.4, 0.5) is 5.69 Å². The minimum atomic E-state index is -0.858. The van der Waals surface area contributed by atoms with Crippen LogP contribution in [0.3, 0.4) is 0 Å². The molecule has 7 N–H and O–H groups in total. The van der Waals surface area contributed by atoms with Crippen LogP contribution in [-0.2, 0) is 9.53 Å². The third-order valence-electron chi connectivity index (χ3n) is 3.75. The molecule has 1 atom stereocenters. The van der Waals surface area contributed by atoms with E-state index in [2.05, 4.69) is 15.3 Å². The molecule has 0 saturated carbocycles. The van der Waals surface area contributed by atoms with Crippen molar-refractivity contribution in [3.8, 4) is 11.5 Å². The maximum atomic E-state index is 12.5. The van der Waals surface area contributed by atoms with Crippen LogP contribution in [0.2, 0.25) is 0 Å². The Morgan fingerprint density at radius 1 is 1.32 bits per heavy atom. The number of benzene rings is 1. The third-order valence-corrected chi connectivity index (χ3v) is 3.75. The number of para-hydroxylation sites is 1. The second-order valence-electron chi connectivity index (χ2n) is 5.85. The van der Waals surface area contributed by atoms with Crippen LogP contribution < -0.4 is 22.5 Å². The molecule has 2 aromatic rings. The van der Waals surface area contributed by atoms with Crippen LogP contribution in [0.25, 0.3) is 11.5 Å². The molecular weight excluding hydrogens is 364 g/mol. The number of aliphatic imine (C=N–C) groups is 1. The molecule has 0 saturated heterocycles. The number of amides is 1. The molecule has 0 aliphatic heterocycles. The normalized spacial score (nSPS) is 11.5. The number of nitrogens with two attached hydrogens (primary N) is 3. The summed E-state index contributed by atoms with van der Waals surface area (Å²) < 4.78 is 10.4. The summed E-state index contributed by atoms with van der Waals surface area (Å²) in [5.41, 5.74) is 17.5. The smallest absolute Gasteiger partial charge is 0.328 e. The number of hydrogen-bond acceptors (Lipinski definition) is 7. The number of aromatic nitrogens is 1. The van der Waals surface area contributed by atoms with E-state index < -0.39 is 17.9 Å². The number of anilines is 1. The lowest BCUT2D eigenvalue weighted by molar-refractivity contribution is -0.145. The zero-order chi connectivity index (χ0) is 20.5. The topological polar surface area (TPSA) is 172 Å². The van der Waals surface area contributed by atoms with Gasteiger partial charge in [-0.1, -0.05) is 12.1 Å². The van der Waals surface area contributed by atoms with Crippen LogP contribution in [0, 0.1) is 0 Å². The summed E-state index contributed by atoms with van der Waals surface area (Å²) in [4.78, 5) is 32.6. The van der Waals surface area contributed by atoms with E-state index in [-0.39, 0.29) is 24.2 Å². The van der Waals surface area contributed by atoms with Gasteiger partial charge in [0, 0.05) is 12.2 Å². The van der Waals surface area contributed by atoms with E-state index in [9.17, 15) is 9.59 Å². The molecule has 0 aliphatic rings. The molecule has 0 fully saturated rings. The van der Waals surface area contributed by atoms with Crippen molar-refractivity contribution < 1.29 is 18.7 Å². The van der Waals surface area contributed by atoms with Gasteiger partial charge in [-0.25, -0.2) is 9.78 Å². The number of ether oxygens (including phenoxy) is 1. The predicted octanol–water partition coefficient (Wildman–Crippen LogP) is 0.639. The third kappa shape index (κ3) is 5.73. The Labute approximate surface area is 162 Å². The predicted molar refractivity (Wildman–Crippen MR) is 104 cm³/mol. The molecule has 10 heteroatoms. The van der Waals surface area contributed by atoms with E-state index >= 15 is 0 Å². The Kier molecular flexibility index (Phi) is 7.37. The lowest BCUT2D eigenvalue weighted by Gasteiger charge is -2.16. The van der Waals surface area contributed by atoms with E-state index in [1.54, 1.807) is 31.2 Å². The Morgan fingerprint density at radius 3 is 2.75 bits per heavy atom. The fourth-order valence-electron chi connectivity index (χ4n) is 2.42. The first-order valence-electron chi connectivity index (χ1n) is 8.75. The molecule has 2 rings (SSSR count). The van der Waals surface area contributed by atoms with Crippen molar-refractivity contribution in [1.29, 1.82) is 0 Å². The van der Waals surface area contributed by atoms with E-state index in [1.165, 1.54) is 6.26 Å². The number of guanidine groups is 1. The highest BCUT2D eigenvalue weighted by Gasteiger charge is 2.24. The highest BCUT2D eigenvalue weighted by molar-refractivity contribution is 5.95. The molecule has 28 heavy (non-hydrogen) atoms. The number of carbonyl (C=O) groups is 2. The van der Waals surface area contributed by atoms with Crippen molar-refractivity contribution in [3.05, 3.63) is 36.2 Å². The minimum absolute atomic E-state index is 0.0248. The zero-order valence-corrected chi connectivity index (χ0v) is 15.6. The lowest BCUT2D eigenvalue weighted by atomic mass is 10.1. The first-order valence-corrected chi connectivity index (χ1v) is 8.75. The molecule has 0 aliphatic carbocycles. The summed E-state index contributed by atoms with van der Waals surface area (Å²) in [6, 6.07) is 6.13. The maximum absolute atomic E-state index is 12.5. The summed E-state index contributed by atoms with van der Waals surface area (Å²) in [5.74, 6) is -0.934. The molecule has 1 amide bonds. The van der Waals surface area contributed by atoms with Crippen LogP contribution in [0.1, 0.15) is 30.3 Å². The first kappa shape index (κ1) is 20.7. The van der Waals surface area contributed by atoms with Crippen molar-refractivity contribution in [2.45, 2.75) is 25.8 Å². The molecule has 10 nitrogen and oxygen atoms in total. The Morgan fingerprint density at radius 2 is 2.07 bits per heavy atom. The average molecular weight is 388 g/mol. The molecule has 0 bridgehead atoms. The highest BCUT2D eigenvalue weighted by Crippen LogP contribution is 2.24. The average Bonchev–Trinajstić information content (AvgIpc) is 3.14. The van der Waals surface area contributed by atoms with Gasteiger partial charge in [-0.2, -0.15) is 0 Å². The SMILES string of the molecule is CCOC(=O)C(CCCN=C(N)N)NC(=O)c1coc(-c2ccccc2N)n1. The molecular formula is C18H24N6O4. The van der Waals surface area contributed by atoms with Crippen molar-refractivity contribution in [1.82, 2.24) is 10.3 Å². The molecule has 150 valence electrons. The second kappa shape index (κ2) is 9.95. The van der Waals surface area contributed by atoms with Gasteiger partial charge in [0.05, 0.1) is 12.2 Å². The molecule has 1 aromatic heterocycles. The number of nitrogens with zero attached hydrogens (tertiary/aromatic N) is 2. The van der Waals surface area contributed by atoms with Gasteiger partial charge in [-0.3, -0.25) is 9.79 Å². The fraction of sp³-hybridized carbons (Fsp3) is 0.333. The lowest BCUT2D eigenvalue weighted by Crippen LogP contribution is -2.42.